The molecule has 9 heteroatoms. The van der Waals surface area contributed by atoms with Gasteiger partial charge in [0.1, 0.15) is 0 Å². The highest BCUT2D eigenvalue weighted by Gasteiger charge is 2.59. The lowest BCUT2D eigenvalue weighted by Gasteiger charge is -2.21. The van der Waals surface area contributed by atoms with Crippen molar-refractivity contribution in [2.75, 3.05) is 0 Å². The van der Waals surface area contributed by atoms with Crippen molar-refractivity contribution in [3.05, 3.63) is 0 Å². The molecule has 0 aliphatic carbocycles. The van der Waals surface area contributed by atoms with Crippen molar-refractivity contribution in [2.45, 2.75) is 5.60 Å². The third-order valence-corrected chi connectivity index (χ3v) is 1.56. The number of aliphatic hydroxyl groups is 1. The first-order valence-corrected chi connectivity index (χ1v) is 3.30. The Hall–Kier alpha value is -2.16. The van der Waals surface area contributed by atoms with Crippen LogP contribution in [0.2, 0.25) is 0 Å². The van der Waals surface area contributed by atoms with E-state index in [1.165, 1.54) is 0 Å². The second kappa shape index (κ2) is 3.92. The van der Waals surface area contributed by atoms with Gasteiger partial charge in [-0.3, -0.25) is 9.59 Å². The Bertz CT molecular complexity index is 301. The average molecular weight is 222 g/mol. The molecule has 15 heavy (non-hydrogen) atoms. The van der Waals surface area contributed by atoms with Gasteiger partial charge in [0, 0.05) is 0 Å². The molecule has 0 aliphatic heterocycles. The zero-order valence-corrected chi connectivity index (χ0v) is 6.95. The molecule has 0 aliphatic rings. The van der Waals surface area contributed by atoms with Gasteiger partial charge in [-0.15, -0.1) is 0 Å². The molecular weight excluding hydrogens is 216 g/mol. The number of carboxylic acids is 4. The summed E-state index contributed by atoms with van der Waals surface area (Å²) in [5.74, 6) is -12.5. The van der Waals surface area contributed by atoms with Gasteiger partial charge < -0.3 is 25.5 Å². The van der Waals surface area contributed by atoms with E-state index in [0.29, 0.717) is 0 Å². The van der Waals surface area contributed by atoms with Crippen LogP contribution in [0, 0.1) is 5.92 Å². The Morgan fingerprint density at radius 1 is 0.800 bits per heavy atom. The summed E-state index contributed by atoms with van der Waals surface area (Å²) in [5, 5.41) is 42.3. The van der Waals surface area contributed by atoms with Gasteiger partial charge in [0.2, 0.25) is 5.92 Å². The number of carbonyl (C=O) groups is 4. The Labute approximate surface area is 81.2 Å². The molecule has 0 heterocycles. The van der Waals surface area contributed by atoms with Crippen LogP contribution in [0.3, 0.4) is 0 Å². The molecule has 0 radical (unpaired) electrons. The van der Waals surface area contributed by atoms with Crippen LogP contribution in [0.4, 0.5) is 0 Å². The highest BCUT2D eigenvalue weighted by Crippen LogP contribution is 2.19. The largest absolute Gasteiger partial charge is 0.480 e. The van der Waals surface area contributed by atoms with Crippen LogP contribution in [0.15, 0.2) is 0 Å². The number of aliphatic carboxylic acids is 4. The summed E-state index contributed by atoms with van der Waals surface area (Å²) in [6.45, 7) is 0. The van der Waals surface area contributed by atoms with E-state index < -0.39 is 35.4 Å². The predicted molar refractivity (Wildman–Crippen MR) is 39.0 cm³/mol. The van der Waals surface area contributed by atoms with Gasteiger partial charge in [0.25, 0.3) is 5.60 Å². The third kappa shape index (κ3) is 2.02. The summed E-state index contributed by atoms with van der Waals surface area (Å²) >= 11 is 0. The maximum atomic E-state index is 10.4. The fraction of sp³-hybridized carbons (Fsp3) is 0.333. The molecule has 0 aromatic rings. The number of hydrogen-bond acceptors (Lipinski definition) is 5. The zero-order chi connectivity index (χ0) is 12.4. The fourth-order valence-corrected chi connectivity index (χ4v) is 0.801. The van der Waals surface area contributed by atoms with Gasteiger partial charge in [-0.25, -0.2) is 9.59 Å². The summed E-state index contributed by atoms with van der Waals surface area (Å²) in [6.07, 6.45) is 0. The van der Waals surface area contributed by atoms with Crippen LogP contribution in [0.1, 0.15) is 0 Å². The van der Waals surface area contributed by atoms with E-state index in [-0.39, 0.29) is 0 Å². The van der Waals surface area contributed by atoms with Gasteiger partial charge in [-0.05, 0) is 0 Å². The highest BCUT2D eigenvalue weighted by molar-refractivity contribution is 6.12. The molecule has 84 valence electrons. The van der Waals surface area contributed by atoms with Gasteiger partial charge in [0.15, 0.2) is 0 Å². The normalized spacial score (nSPS) is 11.1. The number of carboxylic acid groups (broad SMARTS) is 4. The average Bonchev–Trinajstić information content (AvgIpc) is 2.01. The van der Waals surface area contributed by atoms with E-state index in [4.69, 9.17) is 25.5 Å². The molecule has 9 nitrogen and oxygen atoms in total. The van der Waals surface area contributed by atoms with Crippen LogP contribution < -0.4 is 0 Å². The lowest BCUT2D eigenvalue weighted by Crippen LogP contribution is -2.58. The molecule has 0 spiro atoms. The van der Waals surface area contributed by atoms with E-state index in [1.807, 2.05) is 0 Å². The van der Waals surface area contributed by atoms with Crippen molar-refractivity contribution < 1.29 is 44.7 Å². The fourth-order valence-electron chi connectivity index (χ4n) is 0.801. The molecule has 0 saturated heterocycles. The second-order valence-electron chi connectivity index (χ2n) is 2.49. The third-order valence-electron chi connectivity index (χ3n) is 1.56. The van der Waals surface area contributed by atoms with Gasteiger partial charge in [-0.2, -0.15) is 0 Å². The molecule has 0 fully saturated rings. The van der Waals surface area contributed by atoms with Crippen molar-refractivity contribution >= 4 is 23.9 Å². The summed E-state index contributed by atoms with van der Waals surface area (Å²) in [7, 11) is 0. The minimum atomic E-state index is -3.91. The van der Waals surface area contributed by atoms with Gasteiger partial charge in [0.05, 0.1) is 0 Å². The standard InChI is InChI=1S/C6H6O9/c7-2(8)1(3(9)10)6(15,4(11)12)5(13)14/h1,15H,(H,7,8)(H,9,10)(H,11,12)(H,13,14). The molecular formula is C6H6O9. The van der Waals surface area contributed by atoms with Gasteiger partial charge >= 0.3 is 23.9 Å². The van der Waals surface area contributed by atoms with Crippen molar-refractivity contribution in [1.82, 2.24) is 0 Å². The van der Waals surface area contributed by atoms with Crippen LogP contribution in [-0.4, -0.2) is 55.0 Å². The topological polar surface area (TPSA) is 169 Å². The minimum Gasteiger partial charge on any atom is -0.480 e. The Morgan fingerprint density at radius 2 is 1.07 bits per heavy atom. The van der Waals surface area contributed by atoms with E-state index >= 15 is 0 Å². The molecule has 0 aromatic heterocycles. The first-order valence-electron chi connectivity index (χ1n) is 3.30. The molecule has 0 atom stereocenters. The first kappa shape index (κ1) is 12.8. The summed E-state index contributed by atoms with van der Waals surface area (Å²) in [4.78, 5) is 41.4. The van der Waals surface area contributed by atoms with Crippen LogP contribution >= 0.6 is 0 Å². The first-order chi connectivity index (χ1) is 6.65. The van der Waals surface area contributed by atoms with Crippen molar-refractivity contribution in [3.8, 4) is 0 Å². The summed E-state index contributed by atoms with van der Waals surface area (Å²) < 4.78 is 0. The molecule has 0 amide bonds. The molecule has 5 N–H and O–H groups in total. The monoisotopic (exact) mass is 222 g/mol. The summed E-state index contributed by atoms with van der Waals surface area (Å²) in [6, 6.07) is 0. The van der Waals surface area contributed by atoms with Crippen molar-refractivity contribution in [2.24, 2.45) is 5.92 Å². The van der Waals surface area contributed by atoms with Crippen LogP contribution in [0.5, 0.6) is 0 Å². The lowest BCUT2D eigenvalue weighted by atomic mass is 9.87. The molecule has 0 aromatic carbocycles. The van der Waals surface area contributed by atoms with E-state index in [0.717, 1.165) is 0 Å². The van der Waals surface area contributed by atoms with E-state index in [9.17, 15) is 19.2 Å². The predicted octanol–water partition coefficient (Wildman–Crippen LogP) is -2.33. The maximum Gasteiger partial charge on any atom is 0.349 e. The Morgan fingerprint density at radius 3 is 1.13 bits per heavy atom. The van der Waals surface area contributed by atoms with Crippen molar-refractivity contribution in [3.63, 3.8) is 0 Å². The number of rotatable bonds is 5. The smallest absolute Gasteiger partial charge is 0.349 e. The SMILES string of the molecule is O=C(O)C(C(=O)O)C(O)(C(=O)O)C(=O)O. The molecule has 0 rings (SSSR count). The summed E-state index contributed by atoms with van der Waals surface area (Å²) in [5.41, 5.74) is -3.91. The molecule has 0 bridgehead atoms. The maximum absolute atomic E-state index is 10.4. The Kier molecular flexibility index (Phi) is 3.36. The quantitative estimate of drug-likeness (QED) is 0.320. The van der Waals surface area contributed by atoms with E-state index in [1.54, 1.807) is 0 Å². The van der Waals surface area contributed by atoms with Crippen LogP contribution in [-0.2, 0) is 19.2 Å². The van der Waals surface area contributed by atoms with E-state index in [2.05, 4.69) is 0 Å². The lowest BCUT2D eigenvalue weighted by molar-refractivity contribution is -0.193. The van der Waals surface area contributed by atoms with Crippen molar-refractivity contribution in [1.29, 1.82) is 0 Å². The second-order valence-corrected chi connectivity index (χ2v) is 2.49. The molecule has 0 unspecified atom stereocenters. The van der Waals surface area contributed by atoms with Gasteiger partial charge in [-0.1, -0.05) is 0 Å². The Balaban J connectivity index is 5.59. The highest BCUT2D eigenvalue weighted by atomic mass is 16.5. The minimum absolute atomic E-state index is 2.27. The molecule has 0 saturated carbocycles. The van der Waals surface area contributed by atoms with Crippen LogP contribution in [0.25, 0.3) is 0 Å². The zero-order valence-electron chi connectivity index (χ0n) is 6.95. The number of hydrogen-bond donors (Lipinski definition) is 5.